The summed E-state index contributed by atoms with van der Waals surface area (Å²) in [5, 5.41) is 9.01. The molecule has 3 atom stereocenters. The number of hydrogen-bond donors (Lipinski definition) is 1. The molecule has 0 spiro atoms. The molecule has 1 aliphatic carbocycles. The molecule has 1 saturated heterocycles. The predicted octanol–water partition coefficient (Wildman–Crippen LogP) is 2.38. The van der Waals surface area contributed by atoms with Gasteiger partial charge in [0.1, 0.15) is 0 Å². The summed E-state index contributed by atoms with van der Waals surface area (Å²) in [7, 11) is 0. The molecule has 2 fully saturated rings. The van der Waals surface area contributed by atoms with E-state index in [0.717, 1.165) is 31.2 Å². The summed E-state index contributed by atoms with van der Waals surface area (Å²) in [4.78, 5) is 2.58. The smallest absolute Gasteiger partial charge is 0.0683 e. The molecular weight excluding hydrogens is 222 g/mol. The Balaban J connectivity index is 1.75. The van der Waals surface area contributed by atoms with Gasteiger partial charge >= 0.3 is 0 Å². The minimum atomic E-state index is -0.164. The van der Waals surface area contributed by atoms with E-state index in [1.165, 1.54) is 32.4 Å². The van der Waals surface area contributed by atoms with Crippen molar-refractivity contribution < 1.29 is 0 Å². The first-order chi connectivity index (χ1) is 8.52. The van der Waals surface area contributed by atoms with E-state index in [1.807, 2.05) is 13.8 Å². The number of nitrogens with two attached hydrogens (primary N) is 1. The maximum atomic E-state index is 9.01. The van der Waals surface area contributed by atoms with E-state index in [0.29, 0.717) is 6.04 Å². The lowest BCUT2D eigenvalue weighted by atomic mass is 9.78. The van der Waals surface area contributed by atoms with Gasteiger partial charge in [-0.3, -0.25) is 0 Å². The third-order valence-electron chi connectivity index (χ3n) is 4.81. The van der Waals surface area contributed by atoms with Crippen LogP contribution in [0.15, 0.2) is 0 Å². The fraction of sp³-hybridized carbons (Fsp3) is 0.933. The van der Waals surface area contributed by atoms with Crippen molar-refractivity contribution >= 4 is 0 Å². The van der Waals surface area contributed by atoms with Crippen molar-refractivity contribution in [1.82, 2.24) is 4.90 Å². The molecule has 3 unspecified atom stereocenters. The topological polar surface area (TPSA) is 53.0 Å². The third-order valence-corrected chi connectivity index (χ3v) is 4.81. The van der Waals surface area contributed by atoms with Gasteiger partial charge in [-0.15, -0.1) is 0 Å². The Bertz CT molecular complexity index is 318. The van der Waals surface area contributed by atoms with Crippen molar-refractivity contribution in [2.75, 3.05) is 19.6 Å². The van der Waals surface area contributed by atoms with Gasteiger partial charge in [-0.25, -0.2) is 0 Å². The molecule has 2 aliphatic rings. The van der Waals surface area contributed by atoms with Crippen LogP contribution >= 0.6 is 0 Å². The predicted molar refractivity (Wildman–Crippen MR) is 73.9 cm³/mol. The SMILES string of the molecule is CC(C)(C#N)CCCN1CC2CCCC(N)C2C1. The Hall–Kier alpha value is -0.590. The zero-order valence-electron chi connectivity index (χ0n) is 11.9. The van der Waals surface area contributed by atoms with Gasteiger partial charge in [0.15, 0.2) is 0 Å². The Morgan fingerprint density at radius 3 is 2.78 bits per heavy atom. The Kier molecular flexibility index (Phi) is 4.29. The Morgan fingerprint density at radius 2 is 2.11 bits per heavy atom. The van der Waals surface area contributed by atoms with Crippen LogP contribution in [0.5, 0.6) is 0 Å². The van der Waals surface area contributed by atoms with E-state index in [1.54, 1.807) is 0 Å². The first-order valence-electron chi connectivity index (χ1n) is 7.41. The average Bonchev–Trinajstić information content (AvgIpc) is 2.73. The molecule has 0 aromatic carbocycles. The monoisotopic (exact) mass is 249 g/mol. The van der Waals surface area contributed by atoms with E-state index in [9.17, 15) is 0 Å². The molecule has 1 aliphatic heterocycles. The summed E-state index contributed by atoms with van der Waals surface area (Å²) in [6, 6.07) is 2.82. The summed E-state index contributed by atoms with van der Waals surface area (Å²) in [6.45, 7) is 7.65. The first kappa shape index (κ1) is 13.8. The van der Waals surface area contributed by atoms with Gasteiger partial charge in [-0.2, -0.15) is 5.26 Å². The lowest BCUT2D eigenvalue weighted by Gasteiger charge is -2.29. The molecule has 0 aromatic heterocycles. The number of fused-ring (bicyclic) bond motifs is 1. The first-order valence-corrected chi connectivity index (χ1v) is 7.41. The molecule has 0 bridgehead atoms. The summed E-state index contributed by atoms with van der Waals surface area (Å²) in [5.41, 5.74) is 6.07. The number of likely N-dealkylation sites (tertiary alicyclic amines) is 1. The minimum Gasteiger partial charge on any atom is -0.327 e. The van der Waals surface area contributed by atoms with Crippen LogP contribution in [0.4, 0.5) is 0 Å². The van der Waals surface area contributed by atoms with Crippen LogP contribution in [0.2, 0.25) is 0 Å². The van der Waals surface area contributed by atoms with E-state index < -0.39 is 0 Å². The highest BCUT2D eigenvalue weighted by atomic mass is 15.2. The molecule has 102 valence electrons. The molecule has 0 radical (unpaired) electrons. The van der Waals surface area contributed by atoms with E-state index >= 15 is 0 Å². The van der Waals surface area contributed by atoms with Crippen molar-refractivity contribution in [3.8, 4) is 6.07 Å². The highest BCUT2D eigenvalue weighted by molar-refractivity contribution is 4.94. The van der Waals surface area contributed by atoms with Crippen LogP contribution in [-0.4, -0.2) is 30.6 Å². The second-order valence-electron chi connectivity index (χ2n) is 6.88. The molecule has 0 aromatic rings. The molecule has 2 N–H and O–H groups in total. The van der Waals surface area contributed by atoms with Crippen molar-refractivity contribution in [2.24, 2.45) is 23.0 Å². The van der Waals surface area contributed by atoms with Crippen molar-refractivity contribution in [2.45, 2.75) is 52.0 Å². The fourth-order valence-electron chi connectivity index (χ4n) is 3.59. The second kappa shape index (κ2) is 5.59. The largest absolute Gasteiger partial charge is 0.327 e. The van der Waals surface area contributed by atoms with Gasteiger partial charge in [-0.05, 0) is 57.9 Å². The van der Waals surface area contributed by atoms with Crippen LogP contribution in [0.1, 0.15) is 46.0 Å². The van der Waals surface area contributed by atoms with Crippen molar-refractivity contribution in [3.63, 3.8) is 0 Å². The van der Waals surface area contributed by atoms with Gasteiger partial charge < -0.3 is 10.6 Å². The number of rotatable bonds is 4. The molecule has 1 saturated carbocycles. The van der Waals surface area contributed by atoms with Gasteiger partial charge in [0.25, 0.3) is 0 Å². The molecule has 1 heterocycles. The summed E-state index contributed by atoms with van der Waals surface area (Å²) < 4.78 is 0. The van der Waals surface area contributed by atoms with E-state index in [-0.39, 0.29) is 5.41 Å². The fourth-order valence-corrected chi connectivity index (χ4v) is 3.59. The van der Waals surface area contributed by atoms with Gasteiger partial charge in [-0.1, -0.05) is 6.42 Å². The average molecular weight is 249 g/mol. The quantitative estimate of drug-likeness (QED) is 0.832. The van der Waals surface area contributed by atoms with Crippen LogP contribution in [0.3, 0.4) is 0 Å². The molecule has 3 nitrogen and oxygen atoms in total. The maximum Gasteiger partial charge on any atom is 0.0683 e. The summed E-state index contributed by atoms with van der Waals surface area (Å²) in [6.07, 6.45) is 6.04. The Labute approximate surface area is 111 Å². The highest BCUT2D eigenvalue weighted by Gasteiger charge is 2.38. The summed E-state index contributed by atoms with van der Waals surface area (Å²) >= 11 is 0. The van der Waals surface area contributed by atoms with Gasteiger partial charge in [0.05, 0.1) is 11.5 Å². The third kappa shape index (κ3) is 3.24. The van der Waals surface area contributed by atoms with Crippen LogP contribution in [0.25, 0.3) is 0 Å². The maximum absolute atomic E-state index is 9.01. The summed E-state index contributed by atoms with van der Waals surface area (Å²) in [5.74, 6) is 1.58. The van der Waals surface area contributed by atoms with Gasteiger partial charge in [0, 0.05) is 19.1 Å². The number of nitriles is 1. The number of hydrogen-bond acceptors (Lipinski definition) is 3. The molecular formula is C15H27N3. The van der Waals surface area contributed by atoms with Crippen molar-refractivity contribution in [1.29, 1.82) is 5.26 Å². The van der Waals surface area contributed by atoms with Crippen LogP contribution in [-0.2, 0) is 0 Å². The lowest BCUT2D eigenvalue weighted by molar-refractivity contribution is 0.259. The standard InChI is InChI=1S/C15H27N3/c1-15(2,11-16)7-4-8-18-9-12-5-3-6-14(17)13(12)10-18/h12-14H,3-10,17H2,1-2H3. The Morgan fingerprint density at radius 1 is 1.33 bits per heavy atom. The zero-order valence-corrected chi connectivity index (χ0v) is 11.9. The van der Waals surface area contributed by atoms with E-state index in [4.69, 9.17) is 11.0 Å². The van der Waals surface area contributed by atoms with Crippen molar-refractivity contribution in [3.05, 3.63) is 0 Å². The minimum absolute atomic E-state index is 0.164. The molecule has 3 heteroatoms. The zero-order chi connectivity index (χ0) is 13.2. The molecule has 2 rings (SSSR count). The highest BCUT2D eigenvalue weighted by Crippen LogP contribution is 2.35. The molecule has 0 amide bonds. The number of nitrogens with zero attached hydrogens (tertiary/aromatic N) is 2. The molecule has 18 heavy (non-hydrogen) atoms. The lowest BCUT2D eigenvalue weighted by Crippen LogP contribution is -2.38. The van der Waals surface area contributed by atoms with Crippen LogP contribution in [0, 0.1) is 28.6 Å². The van der Waals surface area contributed by atoms with E-state index in [2.05, 4.69) is 11.0 Å². The van der Waals surface area contributed by atoms with Crippen LogP contribution < -0.4 is 5.73 Å². The van der Waals surface area contributed by atoms with Gasteiger partial charge in [0.2, 0.25) is 0 Å². The second-order valence-corrected chi connectivity index (χ2v) is 6.88. The normalized spacial score (nSPS) is 33.1.